The summed E-state index contributed by atoms with van der Waals surface area (Å²) in [5.74, 6) is 5.99. The van der Waals surface area contributed by atoms with Gasteiger partial charge in [-0.15, -0.1) is 11.8 Å². The van der Waals surface area contributed by atoms with E-state index in [1.54, 1.807) is 17.8 Å². The maximum Gasteiger partial charge on any atom is 0.142 e. The van der Waals surface area contributed by atoms with Gasteiger partial charge >= 0.3 is 0 Å². The molecule has 0 saturated heterocycles. The first-order valence-corrected chi connectivity index (χ1v) is 8.05. The van der Waals surface area contributed by atoms with Crippen LogP contribution in [0.25, 0.3) is 0 Å². The second kappa shape index (κ2) is 7.80. The Bertz CT molecular complexity index is 607. The van der Waals surface area contributed by atoms with Crippen LogP contribution in [0.4, 0.5) is 4.39 Å². The van der Waals surface area contributed by atoms with Crippen LogP contribution in [-0.4, -0.2) is 11.8 Å². The normalized spacial score (nSPS) is 12.4. The largest absolute Gasteiger partial charge is 0.271 e. The van der Waals surface area contributed by atoms with E-state index in [1.807, 2.05) is 12.1 Å². The fourth-order valence-corrected chi connectivity index (χ4v) is 3.29. The molecule has 0 amide bonds. The molecular weight excluding hydrogens is 307 g/mol. The lowest BCUT2D eigenvalue weighted by atomic mass is 10.1. The molecule has 0 saturated carbocycles. The quantitative estimate of drug-likeness (QED) is 0.480. The highest BCUT2D eigenvalue weighted by Crippen LogP contribution is 2.24. The molecule has 0 aromatic heterocycles. The first kappa shape index (κ1) is 16.3. The molecule has 0 bridgehead atoms. The van der Waals surface area contributed by atoms with Crippen LogP contribution in [0.15, 0.2) is 47.4 Å². The molecule has 0 aliphatic rings. The van der Waals surface area contributed by atoms with Crippen LogP contribution >= 0.6 is 23.4 Å². The van der Waals surface area contributed by atoms with Crippen LogP contribution in [0.3, 0.4) is 0 Å². The maximum atomic E-state index is 13.4. The first-order chi connectivity index (χ1) is 10.1. The highest BCUT2D eigenvalue weighted by Gasteiger charge is 2.13. The van der Waals surface area contributed by atoms with Crippen molar-refractivity contribution in [3.63, 3.8) is 0 Å². The predicted molar refractivity (Wildman–Crippen MR) is 88.1 cm³/mol. The van der Waals surface area contributed by atoms with Gasteiger partial charge < -0.3 is 0 Å². The molecule has 0 aliphatic carbocycles. The molecule has 0 radical (unpaired) electrons. The summed E-state index contributed by atoms with van der Waals surface area (Å²) in [5.41, 5.74) is 4.78. The Balaban J connectivity index is 1.99. The third-order valence-corrected chi connectivity index (χ3v) is 4.75. The first-order valence-electron chi connectivity index (χ1n) is 6.68. The molecule has 0 aliphatic heterocycles. The van der Waals surface area contributed by atoms with Crippen LogP contribution in [0.2, 0.25) is 5.02 Å². The molecule has 0 fully saturated rings. The third-order valence-electron chi connectivity index (χ3n) is 3.17. The summed E-state index contributed by atoms with van der Waals surface area (Å²) in [4.78, 5) is 1.19. The van der Waals surface area contributed by atoms with Crippen molar-refractivity contribution in [2.24, 2.45) is 5.84 Å². The average molecular weight is 325 g/mol. The van der Waals surface area contributed by atoms with Gasteiger partial charge in [-0.1, -0.05) is 41.4 Å². The summed E-state index contributed by atoms with van der Waals surface area (Å²) in [7, 11) is 0. The zero-order valence-corrected chi connectivity index (χ0v) is 13.3. The van der Waals surface area contributed by atoms with E-state index >= 15 is 0 Å². The van der Waals surface area contributed by atoms with Crippen LogP contribution in [0.1, 0.15) is 11.1 Å². The number of nitrogens with two attached hydrogens (primary N) is 1. The lowest BCUT2D eigenvalue weighted by molar-refractivity contribution is 0.571. The highest BCUT2D eigenvalue weighted by molar-refractivity contribution is 7.99. The minimum Gasteiger partial charge on any atom is -0.271 e. The standard InChI is InChI=1S/C16H18ClFN2S/c1-11-4-2-6-14(8-11)21-10-13(20-19)9-12-5-3-7-15(18)16(12)17/h2-8,13,20H,9-10,19H2,1H3. The Morgan fingerprint density at radius 2 is 2.05 bits per heavy atom. The lowest BCUT2D eigenvalue weighted by Crippen LogP contribution is -2.38. The Morgan fingerprint density at radius 1 is 1.29 bits per heavy atom. The van der Waals surface area contributed by atoms with Gasteiger partial charge in [-0.2, -0.15) is 0 Å². The second-order valence-corrected chi connectivity index (χ2v) is 6.38. The highest BCUT2D eigenvalue weighted by atomic mass is 35.5. The molecule has 2 nitrogen and oxygen atoms in total. The van der Waals surface area contributed by atoms with Crippen molar-refractivity contribution in [1.29, 1.82) is 0 Å². The molecule has 112 valence electrons. The van der Waals surface area contributed by atoms with Gasteiger partial charge in [0.1, 0.15) is 5.82 Å². The fraction of sp³-hybridized carbons (Fsp3) is 0.250. The van der Waals surface area contributed by atoms with E-state index in [-0.39, 0.29) is 11.1 Å². The van der Waals surface area contributed by atoms with Gasteiger partial charge in [0.15, 0.2) is 0 Å². The van der Waals surface area contributed by atoms with Crippen LogP contribution in [-0.2, 0) is 6.42 Å². The zero-order valence-electron chi connectivity index (χ0n) is 11.8. The second-order valence-electron chi connectivity index (χ2n) is 4.91. The molecule has 21 heavy (non-hydrogen) atoms. The molecule has 1 atom stereocenters. The summed E-state index contributed by atoms with van der Waals surface area (Å²) in [6.07, 6.45) is 0.589. The van der Waals surface area contributed by atoms with Crippen LogP contribution in [0, 0.1) is 12.7 Å². The van der Waals surface area contributed by atoms with E-state index in [0.717, 1.165) is 11.3 Å². The van der Waals surface area contributed by atoms with Crippen molar-refractivity contribution in [3.05, 3.63) is 64.4 Å². The molecular formula is C16H18ClFN2S. The Morgan fingerprint density at radius 3 is 2.76 bits per heavy atom. The topological polar surface area (TPSA) is 38.0 Å². The van der Waals surface area contributed by atoms with E-state index in [9.17, 15) is 4.39 Å². The van der Waals surface area contributed by atoms with Gasteiger partial charge in [-0.25, -0.2) is 4.39 Å². The number of nitrogens with one attached hydrogen (secondary N) is 1. The summed E-state index contributed by atoms with van der Waals surface area (Å²) >= 11 is 7.70. The van der Waals surface area contributed by atoms with Crippen LogP contribution in [0.5, 0.6) is 0 Å². The van der Waals surface area contributed by atoms with Gasteiger partial charge in [-0.05, 0) is 37.1 Å². The van der Waals surface area contributed by atoms with Crippen molar-refractivity contribution < 1.29 is 4.39 Å². The van der Waals surface area contributed by atoms with E-state index < -0.39 is 5.82 Å². The summed E-state index contributed by atoms with van der Waals surface area (Å²) in [5, 5.41) is 0.179. The summed E-state index contributed by atoms with van der Waals surface area (Å²) < 4.78 is 13.4. The monoisotopic (exact) mass is 324 g/mol. The van der Waals surface area contributed by atoms with Crippen molar-refractivity contribution in [2.75, 3.05) is 5.75 Å². The van der Waals surface area contributed by atoms with E-state index in [0.29, 0.717) is 6.42 Å². The molecule has 0 heterocycles. The van der Waals surface area contributed by atoms with Crippen molar-refractivity contribution in [2.45, 2.75) is 24.3 Å². The molecule has 3 N–H and O–H groups in total. The van der Waals surface area contributed by atoms with Gasteiger partial charge in [0.25, 0.3) is 0 Å². The number of hydrogen-bond donors (Lipinski definition) is 2. The minimum atomic E-state index is -0.392. The van der Waals surface area contributed by atoms with Gasteiger partial charge in [0.05, 0.1) is 5.02 Å². The molecule has 2 aromatic rings. The molecule has 0 spiro atoms. The molecule has 2 rings (SSSR count). The Labute approximate surface area is 133 Å². The maximum absolute atomic E-state index is 13.4. The average Bonchev–Trinajstić information content (AvgIpc) is 2.48. The molecule has 5 heteroatoms. The predicted octanol–water partition coefficient (Wildman–Crippen LogP) is 3.95. The third kappa shape index (κ3) is 4.71. The van der Waals surface area contributed by atoms with Crippen molar-refractivity contribution in [1.82, 2.24) is 5.43 Å². The van der Waals surface area contributed by atoms with E-state index in [1.165, 1.54) is 16.5 Å². The van der Waals surface area contributed by atoms with E-state index in [2.05, 4.69) is 30.5 Å². The van der Waals surface area contributed by atoms with Crippen molar-refractivity contribution in [3.8, 4) is 0 Å². The smallest absolute Gasteiger partial charge is 0.142 e. The molecule has 2 aromatic carbocycles. The lowest BCUT2D eigenvalue weighted by Gasteiger charge is -2.16. The number of hydrazine groups is 1. The number of hydrogen-bond acceptors (Lipinski definition) is 3. The summed E-state index contributed by atoms with van der Waals surface area (Å²) in [6, 6.07) is 13.2. The fourth-order valence-electron chi connectivity index (χ4n) is 2.04. The van der Waals surface area contributed by atoms with Gasteiger partial charge in [0, 0.05) is 16.7 Å². The minimum absolute atomic E-state index is 0.0230. The molecule has 1 unspecified atom stereocenters. The summed E-state index contributed by atoms with van der Waals surface area (Å²) in [6.45, 7) is 2.06. The zero-order chi connectivity index (χ0) is 15.2. The van der Waals surface area contributed by atoms with Gasteiger partial charge in [0.2, 0.25) is 0 Å². The van der Waals surface area contributed by atoms with Gasteiger partial charge in [-0.3, -0.25) is 11.3 Å². The van der Waals surface area contributed by atoms with E-state index in [4.69, 9.17) is 17.4 Å². The number of benzene rings is 2. The number of aryl methyl sites for hydroxylation is 1. The number of thioether (sulfide) groups is 1. The van der Waals surface area contributed by atoms with Crippen LogP contribution < -0.4 is 11.3 Å². The Hall–Kier alpha value is -1.07. The van der Waals surface area contributed by atoms with Crippen molar-refractivity contribution >= 4 is 23.4 Å². The Kier molecular flexibility index (Phi) is 6.06. The SMILES string of the molecule is Cc1cccc(SCC(Cc2cccc(F)c2Cl)NN)c1. The number of rotatable bonds is 6. The number of halogens is 2.